The molecule has 3 rings (SSSR count). The van der Waals surface area contributed by atoms with E-state index in [0.717, 1.165) is 25.1 Å². The molecule has 0 aliphatic rings. The highest BCUT2D eigenvalue weighted by Gasteiger charge is 2.12. The Hall–Kier alpha value is -2.84. The third kappa shape index (κ3) is 6.07. The normalized spacial score (nSPS) is 12.0. The largest absolute Gasteiger partial charge is 0.492 e. The lowest BCUT2D eigenvalue weighted by Gasteiger charge is -2.17. The van der Waals surface area contributed by atoms with E-state index in [1.807, 2.05) is 0 Å². The molecule has 0 heterocycles. The molecule has 0 radical (unpaired) electrons. The van der Waals surface area contributed by atoms with Crippen LogP contribution in [0.15, 0.2) is 90.5 Å². The number of nitrogens with zero attached hydrogens (tertiary/aromatic N) is 1. The van der Waals surface area contributed by atoms with Gasteiger partial charge in [0, 0.05) is 6.54 Å². The monoisotopic (exact) mass is 385 g/mol. The van der Waals surface area contributed by atoms with E-state index in [0.29, 0.717) is 6.61 Å². The minimum Gasteiger partial charge on any atom is -0.492 e. The highest BCUT2D eigenvalue weighted by Crippen LogP contribution is 2.31. The highest BCUT2D eigenvalue weighted by molar-refractivity contribution is 5.82. The van der Waals surface area contributed by atoms with Crippen LogP contribution >= 0.6 is 0 Å². The van der Waals surface area contributed by atoms with Crippen molar-refractivity contribution in [3.63, 3.8) is 0 Å². The van der Waals surface area contributed by atoms with Gasteiger partial charge in [-0.15, -0.1) is 0 Å². The van der Waals surface area contributed by atoms with Gasteiger partial charge in [0.2, 0.25) is 0 Å². The molecule has 0 atom stereocenters. The van der Waals surface area contributed by atoms with Crippen LogP contribution in [-0.2, 0) is 6.42 Å². The lowest BCUT2D eigenvalue weighted by Crippen LogP contribution is -2.19. The topological polar surface area (TPSA) is 12.5 Å². The van der Waals surface area contributed by atoms with Crippen LogP contribution in [0.3, 0.4) is 0 Å². The van der Waals surface area contributed by atoms with Crippen molar-refractivity contribution < 1.29 is 4.74 Å². The maximum Gasteiger partial charge on any atom is 0.119 e. The lowest BCUT2D eigenvalue weighted by atomic mass is 9.88. The summed E-state index contributed by atoms with van der Waals surface area (Å²) in [5.74, 6) is 0.920. The molecule has 0 saturated carbocycles. The molecular weight excluding hydrogens is 354 g/mol. The van der Waals surface area contributed by atoms with Crippen LogP contribution < -0.4 is 4.74 Å². The number of benzene rings is 3. The number of hydrogen-bond acceptors (Lipinski definition) is 2. The molecule has 0 saturated heterocycles. The first-order chi connectivity index (χ1) is 14.2. The lowest BCUT2D eigenvalue weighted by molar-refractivity contribution is 0.261. The van der Waals surface area contributed by atoms with Gasteiger partial charge in [0.15, 0.2) is 0 Å². The summed E-state index contributed by atoms with van der Waals surface area (Å²) in [6, 6.07) is 30.0. The zero-order valence-corrected chi connectivity index (χ0v) is 17.8. The SMILES string of the molecule is CCC(Cc1ccccc1)=C(c1ccccc1)c1ccc(OCCN(C)C)cc1. The average molecular weight is 386 g/mol. The quantitative estimate of drug-likeness (QED) is 0.442. The number of ether oxygens (including phenoxy) is 1. The summed E-state index contributed by atoms with van der Waals surface area (Å²) in [7, 11) is 4.12. The summed E-state index contributed by atoms with van der Waals surface area (Å²) in [5.41, 5.74) is 6.63. The predicted molar refractivity (Wildman–Crippen MR) is 123 cm³/mol. The second-order valence-corrected chi connectivity index (χ2v) is 7.54. The smallest absolute Gasteiger partial charge is 0.119 e. The Kier molecular flexibility index (Phi) is 7.66. The Balaban J connectivity index is 1.93. The molecule has 0 spiro atoms. The fourth-order valence-electron chi connectivity index (χ4n) is 3.48. The van der Waals surface area contributed by atoms with Gasteiger partial charge in [0.05, 0.1) is 0 Å². The third-order valence-electron chi connectivity index (χ3n) is 5.05. The van der Waals surface area contributed by atoms with Gasteiger partial charge in [-0.3, -0.25) is 0 Å². The van der Waals surface area contributed by atoms with E-state index in [1.54, 1.807) is 0 Å². The van der Waals surface area contributed by atoms with Gasteiger partial charge in [-0.25, -0.2) is 0 Å². The van der Waals surface area contributed by atoms with Crippen LogP contribution in [0.25, 0.3) is 5.57 Å². The fourth-order valence-corrected chi connectivity index (χ4v) is 3.48. The zero-order valence-electron chi connectivity index (χ0n) is 17.8. The molecular formula is C27H31NO. The Morgan fingerprint density at radius 3 is 1.93 bits per heavy atom. The number of allylic oxidation sites excluding steroid dienone is 1. The van der Waals surface area contributed by atoms with E-state index in [1.165, 1.54) is 27.8 Å². The van der Waals surface area contributed by atoms with Crippen molar-refractivity contribution >= 4 is 5.57 Å². The minimum atomic E-state index is 0.696. The number of likely N-dealkylation sites (N-methyl/N-ethyl adjacent to an activating group) is 1. The molecule has 2 heteroatoms. The summed E-state index contributed by atoms with van der Waals surface area (Å²) >= 11 is 0. The molecule has 0 aromatic heterocycles. The molecule has 3 aromatic rings. The maximum absolute atomic E-state index is 5.88. The summed E-state index contributed by atoms with van der Waals surface area (Å²) in [4.78, 5) is 2.13. The highest BCUT2D eigenvalue weighted by atomic mass is 16.5. The standard InChI is InChI=1S/C27H31NO/c1-4-23(21-22-11-7-5-8-12-22)27(24-13-9-6-10-14-24)25-15-17-26(18-16-25)29-20-19-28(2)3/h5-18H,4,19-21H2,1-3H3. The van der Waals surface area contributed by atoms with E-state index in [-0.39, 0.29) is 0 Å². The van der Waals surface area contributed by atoms with Crippen LogP contribution in [-0.4, -0.2) is 32.1 Å². The molecule has 2 nitrogen and oxygen atoms in total. The zero-order chi connectivity index (χ0) is 20.5. The van der Waals surface area contributed by atoms with Crippen LogP contribution in [0.4, 0.5) is 0 Å². The molecule has 150 valence electrons. The second kappa shape index (κ2) is 10.6. The summed E-state index contributed by atoms with van der Waals surface area (Å²) in [6.07, 6.45) is 1.98. The number of hydrogen-bond donors (Lipinski definition) is 0. The van der Waals surface area contributed by atoms with E-state index < -0.39 is 0 Å². The van der Waals surface area contributed by atoms with Crippen LogP contribution in [0.2, 0.25) is 0 Å². The van der Waals surface area contributed by atoms with Crippen molar-refractivity contribution in [3.8, 4) is 5.75 Å². The molecule has 3 aromatic carbocycles. The van der Waals surface area contributed by atoms with Crippen molar-refractivity contribution in [2.45, 2.75) is 19.8 Å². The first-order valence-electron chi connectivity index (χ1n) is 10.4. The Bertz CT molecular complexity index is 896. The van der Waals surface area contributed by atoms with Crippen LogP contribution in [0.5, 0.6) is 5.75 Å². The molecule has 0 amide bonds. The molecule has 0 aliphatic heterocycles. The van der Waals surface area contributed by atoms with Gasteiger partial charge in [-0.1, -0.05) is 85.3 Å². The van der Waals surface area contributed by atoms with Gasteiger partial charge in [-0.05, 0) is 61.3 Å². The van der Waals surface area contributed by atoms with Crippen molar-refractivity contribution in [3.05, 3.63) is 107 Å². The molecule has 29 heavy (non-hydrogen) atoms. The first kappa shape index (κ1) is 20.9. The van der Waals surface area contributed by atoms with E-state index in [9.17, 15) is 0 Å². The first-order valence-corrected chi connectivity index (χ1v) is 10.4. The summed E-state index contributed by atoms with van der Waals surface area (Å²) in [6.45, 7) is 3.86. The van der Waals surface area contributed by atoms with Gasteiger partial charge in [-0.2, -0.15) is 0 Å². The predicted octanol–water partition coefficient (Wildman–Crippen LogP) is 6.08. The molecule has 0 N–H and O–H groups in total. The Morgan fingerprint density at radius 1 is 0.759 bits per heavy atom. The summed E-state index contributed by atoms with van der Waals surface area (Å²) < 4.78 is 5.88. The second-order valence-electron chi connectivity index (χ2n) is 7.54. The Labute approximate surface area is 175 Å². The summed E-state index contributed by atoms with van der Waals surface area (Å²) in [5, 5.41) is 0. The van der Waals surface area contributed by atoms with E-state index in [2.05, 4.69) is 111 Å². The minimum absolute atomic E-state index is 0.696. The van der Waals surface area contributed by atoms with Crippen molar-refractivity contribution in [1.82, 2.24) is 4.90 Å². The third-order valence-corrected chi connectivity index (χ3v) is 5.05. The molecule has 0 unspecified atom stereocenters. The van der Waals surface area contributed by atoms with Gasteiger partial charge in [0.1, 0.15) is 12.4 Å². The van der Waals surface area contributed by atoms with Gasteiger partial charge < -0.3 is 9.64 Å². The van der Waals surface area contributed by atoms with Crippen LogP contribution in [0.1, 0.15) is 30.0 Å². The molecule has 0 bridgehead atoms. The van der Waals surface area contributed by atoms with Crippen molar-refractivity contribution in [2.24, 2.45) is 0 Å². The molecule has 0 aliphatic carbocycles. The number of rotatable bonds is 9. The fraction of sp³-hybridized carbons (Fsp3) is 0.259. The van der Waals surface area contributed by atoms with E-state index >= 15 is 0 Å². The van der Waals surface area contributed by atoms with Gasteiger partial charge >= 0.3 is 0 Å². The van der Waals surface area contributed by atoms with Crippen LogP contribution in [0, 0.1) is 0 Å². The Morgan fingerprint density at radius 2 is 1.34 bits per heavy atom. The molecule has 0 fully saturated rings. The maximum atomic E-state index is 5.88. The van der Waals surface area contributed by atoms with E-state index in [4.69, 9.17) is 4.74 Å². The van der Waals surface area contributed by atoms with Crippen molar-refractivity contribution in [1.29, 1.82) is 0 Å². The average Bonchev–Trinajstić information content (AvgIpc) is 2.75. The van der Waals surface area contributed by atoms with Crippen molar-refractivity contribution in [2.75, 3.05) is 27.2 Å². The van der Waals surface area contributed by atoms with Gasteiger partial charge in [0.25, 0.3) is 0 Å².